The zero-order valence-electron chi connectivity index (χ0n) is 12.7. The molecule has 104 valence electrons. The lowest BCUT2D eigenvalue weighted by Crippen LogP contribution is -2.15. The molecule has 0 amide bonds. The Kier molecular flexibility index (Phi) is 5.11. The van der Waals surface area contributed by atoms with Gasteiger partial charge in [-0.05, 0) is 36.6 Å². The number of rotatable bonds is 4. The van der Waals surface area contributed by atoms with E-state index >= 15 is 0 Å². The monoisotopic (exact) mass is 269 g/mol. The Hall–Kier alpha value is -0.670. The van der Waals surface area contributed by atoms with Gasteiger partial charge < -0.3 is 4.74 Å². The van der Waals surface area contributed by atoms with Crippen molar-refractivity contribution in [2.75, 3.05) is 26.7 Å². The van der Waals surface area contributed by atoms with Gasteiger partial charge >= 0.3 is 0 Å². The van der Waals surface area contributed by atoms with E-state index in [0.717, 1.165) is 12.3 Å². The Bertz CT molecular complexity index is 396. The quantitative estimate of drug-likeness (QED) is 0.839. The SMILES string of the molecule is COc1cc(C(C)(C)C)ccc1CN(C)[SH](C)C. The summed E-state index contributed by atoms with van der Waals surface area (Å²) >= 11 is -0.0552. The summed E-state index contributed by atoms with van der Waals surface area (Å²) < 4.78 is 7.92. The number of methoxy groups -OCH3 is 1. The maximum Gasteiger partial charge on any atom is 0.123 e. The van der Waals surface area contributed by atoms with E-state index in [9.17, 15) is 0 Å². The Morgan fingerprint density at radius 2 is 1.83 bits per heavy atom. The van der Waals surface area contributed by atoms with Crippen LogP contribution < -0.4 is 4.74 Å². The standard InChI is InChI=1S/C15H27NOS/c1-15(2,3)13-9-8-12(14(10-13)17-5)11-16(4)18(6)7/h8-10,18H,11H2,1-7H3. The first-order valence-corrected chi connectivity index (χ1v) is 8.50. The fraction of sp³-hybridized carbons (Fsp3) is 0.600. The molecule has 0 fully saturated rings. The highest BCUT2D eigenvalue weighted by atomic mass is 32.2. The third-order valence-electron chi connectivity index (χ3n) is 3.24. The second kappa shape index (κ2) is 5.98. The van der Waals surface area contributed by atoms with Crippen LogP contribution in [0.25, 0.3) is 0 Å². The Morgan fingerprint density at radius 1 is 1.22 bits per heavy atom. The predicted octanol–water partition coefficient (Wildman–Crippen LogP) is 3.60. The largest absolute Gasteiger partial charge is 0.496 e. The summed E-state index contributed by atoms with van der Waals surface area (Å²) in [5.41, 5.74) is 2.75. The first kappa shape index (κ1) is 15.4. The summed E-state index contributed by atoms with van der Waals surface area (Å²) in [6, 6.07) is 6.60. The van der Waals surface area contributed by atoms with Gasteiger partial charge in [0, 0.05) is 12.1 Å². The third-order valence-corrected chi connectivity index (χ3v) is 4.74. The molecule has 0 aliphatic rings. The average molecular weight is 269 g/mol. The smallest absolute Gasteiger partial charge is 0.123 e. The minimum atomic E-state index is -0.0552. The summed E-state index contributed by atoms with van der Waals surface area (Å²) in [7, 11) is 3.93. The molecule has 2 nitrogen and oxygen atoms in total. The van der Waals surface area contributed by atoms with Crippen molar-refractivity contribution in [2.45, 2.75) is 32.7 Å². The number of benzene rings is 1. The number of ether oxygens (including phenoxy) is 1. The van der Waals surface area contributed by atoms with Crippen molar-refractivity contribution < 1.29 is 4.74 Å². The molecular weight excluding hydrogens is 242 g/mol. The highest BCUT2D eigenvalue weighted by Crippen LogP contribution is 2.31. The predicted molar refractivity (Wildman–Crippen MR) is 84.0 cm³/mol. The van der Waals surface area contributed by atoms with Crippen LogP contribution in [0.2, 0.25) is 0 Å². The molecule has 18 heavy (non-hydrogen) atoms. The van der Waals surface area contributed by atoms with Gasteiger partial charge in [-0.25, -0.2) is 11.1 Å². The number of hydrogen-bond donors (Lipinski definition) is 1. The Morgan fingerprint density at radius 3 is 2.28 bits per heavy atom. The van der Waals surface area contributed by atoms with Gasteiger partial charge in [0.2, 0.25) is 0 Å². The van der Waals surface area contributed by atoms with Gasteiger partial charge in [0.1, 0.15) is 5.75 Å². The molecule has 0 atom stereocenters. The minimum absolute atomic E-state index is 0.0552. The molecule has 0 heterocycles. The zero-order chi connectivity index (χ0) is 13.9. The van der Waals surface area contributed by atoms with Crippen molar-refractivity contribution in [1.82, 2.24) is 4.31 Å². The van der Waals surface area contributed by atoms with Crippen LogP contribution in [0.15, 0.2) is 18.2 Å². The molecular formula is C15H27NOS. The van der Waals surface area contributed by atoms with Crippen LogP contribution in [-0.4, -0.2) is 31.0 Å². The van der Waals surface area contributed by atoms with Gasteiger partial charge in [0.05, 0.1) is 7.11 Å². The Labute approximate surface area is 115 Å². The van der Waals surface area contributed by atoms with Gasteiger partial charge in [0.15, 0.2) is 0 Å². The van der Waals surface area contributed by atoms with Crippen LogP contribution in [0.1, 0.15) is 31.9 Å². The van der Waals surface area contributed by atoms with E-state index in [1.54, 1.807) is 7.11 Å². The number of nitrogens with zero attached hydrogens (tertiary/aromatic N) is 1. The first-order chi connectivity index (χ1) is 8.25. The minimum Gasteiger partial charge on any atom is -0.496 e. The van der Waals surface area contributed by atoms with Crippen molar-refractivity contribution >= 4 is 11.1 Å². The summed E-state index contributed by atoms with van der Waals surface area (Å²) in [6.07, 6.45) is 4.54. The van der Waals surface area contributed by atoms with Crippen LogP contribution in [0, 0.1) is 0 Å². The maximum absolute atomic E-state index is 5.54. The molecule has 3 heteroatoms. The van der Waals surface area contributed by atoms with Crippen LogP contribution in [0.5, 0.6) is 5.75 Å². The van der Waals surface area contributed by atoms with Crippen molar-refractivity contribution in [2.24, 2.45) is 0 Å². The first-order valence-electron chi connectivity index (χ1n) is 6.31. The molecule has 1 rings (SSSR count). The topological polar surface area (TPSA) is 12.5 Å². The van der Waals surface area contributed by atoms with E-state index in [2.05, 4.69) is 62.8 Å². The molecule has 0 aliphatic heterocycles. The highest BCUT2D eigenvalue weighted by molar-refractivity contribution is 8.13. The lowest BCUT2D eigenvalue weighted by molar-refractivity contribution is 0.400. The highest BCUT2D eigenvalue weighted by Gasteiger charge is 2.16. The van der Waals surface area contributed by atoms with Crippen LogP contribution >= 0.6 is 11.1 Å². The molecule has 0 radical (unpaired) electrons. The summed E-state index contributed by atoms with van der Waals surface area (Å²) in [5.74, 6) is 1.01. The van der Waals surface area contributed by atoms with Crippen molar-refractivity contribution in [3.8, 4) is 5.75 Å². The van der Waals surface area contributed by atoms with Gasteiger partial charge in [-0.15, -0.1) is 0 Å². The summed E-state index contributed by atoms with van der Waals surface area (Å²) in [4.78, 5) is 0. The fourth-order valence-corrected chi connectivity index (χ4v) is 2.16. The normalized spacial score (nSPS) is 12.8. The molecule has 0 saturated carbocycles. The molecule has 0 bridgehead atoms. The zero-order valence-corrected chi connectivity index (χ0v) is 13.6. The molecule has 0 N–H and O–H groups in total. The second-order valence-electron chi connectivity index (χ2n) is 5.94. The van der Waals surface area contributed by atoms with E-state index in [4.69, 9.17) is 4.74 Å². The van der Waals surface area contributed by atoms with Crippen molar-refractivity contribution in [3.05, 3.63) is 29.3 Å². The van der Waals surface area contributed by atoms with Gasteiger partial charge in [-0.2, -0.15) is 0 Å². The fourth-order valence-electron chi connectivity index (χ4n) is 1.73. The second-order valence-corrected chi connectivity index (χ2v) is 8.32. The molecule has 0 aromatic heterocycles. The van der Waals surface area contributed by atoms with Crippen molar-refractivity contribution in [1.29, 1.82) is 0 Å². The number of hydrogen-bond acceptors (Lipinski definition) is 2. The van der Waals surface area contributed by atoms with Gasteiger partial charge in [0.25, 0.3) is 0 Å². The average Bonchev–Trinajstić information content (AvgIpc) is 2.27. The van der Waals surface area contributed by atoms with E-state index in [0.29, 0.717) is 0 Å². The van der Waals surface area contributed by atoms with Crippen LogP contribution in [0.3, 0.4) is 0 Å². The lowest BCUT2D eigenvalue weighted by atomic mass is 9.86. The molecule has 0 unspecified atom stereocenters. The molecule has 1 aromatic rings. The van der Waals surface area contributed by atoms with E-state index < -0.39 is 0 Å². The summed E-state index contributed by atoms with van der Waals surface area (Å²) in [6.45, 7) is 7.63. The van der Waals surface area contributed by atoms with Gasteiger partial charge in [-0.1, -0.05) is 32.9 Å². The Balaban J connectivity index is 3.01. The lowest BCUT2D eigenvalue weighted by Gasteiger charge is -2.26. The maximum atomic E-state index is 5.54. The van der Waals surface area contributed by atoms with Crippen molar-refractivity contribution in [3.63, 3.8) is 0 Å². The molecule has 0 aliphatic carbocycles. The van der Waals surface area contributed by atoms with Crippen LogP contribution in [-0.2, 0) is 12.0 Å². The molecule has 0 saturated heterocycles. The van der Waals surface area contributed by atoms with Gasteiger partial charge in [-0.3, -0.25) is 4.31 Å². The molecule has 1 aromatic carbocycles. The van der Waals surface area contributed by atoms with E-state index in [1.807, 2.05) is 0 Å². The van der Waals surface area contributed by atoms with E-state index in [1.165, 1.54) is 11.1 Å². The third kappa shape index (κ3) is 3.92. The number of thiol groups is 1. The molecule has 0 spiro atoms. The van der Waals surface area contributed by atoms with E-state index in [-0.39, 0.29) is 16.5 Å². The van der Waals surface area contributed by atoms with Crippen LogP contribution in [0.4, 0.5) is 0 Å². The summed E-state index contributed by atoms with van der Waals surface area (Å²) in [5, 5.41) is 0.